The van der Waals surface area contributed by atoms with Crippen molar-refractivity contribution in [2.45, 2.75) is 44.7 Å². The van der Waals surface area contributed by atoms with Crippen LogP contribution in [0.2, 0.25) is 0 Å². The van der Waals surface area contributed by atoms with E-state index in [2.05, 4.69) is 5.32 Å². The minimum Gasteiger partial charge on any atom is -0.379 e. The lowest BCUT2D eigenvalue weighted by Crippen LogP contribution is -2.44. The largest absolute Gasteiger partial charge is 0.379 e. The number of hydrogen-bond donors (Lipinski definition) is 1. The van der Waals surface area contributed by atoms with Crippen LogP contribution in [0.3, 0.4) is 0 Å². The summed E-state index contributed by atoms with van der Waals surface area (Å²) in [5.74, 6) is -0.404. The molecule has 2 amide bonds. The summed E-state index contributed by atoms with van der Waals surface area (Å²) in [5, 5.41) is 2.79. The van der Waals surface area contributed by atoms with E-state index in [1.54, 1.807) is 23.1 Å². The first-order valence-corrected chi connectivity index (χ1v) is 10.5. The van der Waals surface area contributed by atoms with E-state index in [1.165, 1.54) is 6.07 Å². The molecule has 0 heterocycles. The summed E-state index contributed by atoms with van der Waals surface area (Å²) in [5.41, 5.74) is 0.735. The second kappa shape index (κ2) is 9.54. The number of hydrogen-bond acceptors (Lipinski definition) is 4. The standard InChI is InChI=1S/C20H25FN2O4S/c1-4-15(3)23(20(24)22-5-2)14-16-7-6-8-18(13-16)27-28(25,26)19-11-9-17(21)10-12-19/h6-13,15H,4-5,14H2,1-3H3,(H,22,24)/t15-/m0/s1. The molecule has 0 aliphatic carbocycles. The molecule has 1 atom stereocenters. The topological polar surface area (TPSA) is 75.7 Å². The number of amides is 2. The Hall–Kier alpha value is -2.61. The van der Waals surface area contributed by atoms with Gasteiger partial charge in [0.15, 0.2) is 0 Å². The average Bonchev–Trinajstić information content (AvgIpc) is 2.66. The van der Waals surface area contributed by atoms with Gasteiger partial charge in [0.25, 0.3) is 0 Å². The molecule has 0 saturated carbocycles. The lowest BCUT2D eigenvalue weighted by atomic mass is 10.1. The van der Waals surface area contributed by atoms with Gasteiger partial charge in [-0.25, -0.2) is 9.18 Å². The first kappa shape index (κ1) is 21.7. The number of urea groups is 1. The fourth-order valence-electron chi connectivity index (χ4n) is 2.57. The Kier molecular flexibility index (Phi) is 7.39. The van der Waals surface area contributed by atoms with E-state index >= 15 is 0 Å². The zero-order valence-corrected chi connectivity index (χ0v) is 17.0. The number of nitrogens with one attached hydrogen (secondary N) is 1. The van der Waals surface area contributed by atoms with Crippen molar-refractivity contribution in [3.8, 4) is 5.75 Å². The van der Waals surface area contributed by atoms with Crippen LogP contribution in [-0.2, 0) is 16.7 Å². The van der Waals surface area contributed by atoms with E-state index in [0.717, 1.165) is 36.2 Å². The van der Waals surface area contributed by atoms with Gasteiger partial charge in [-0.1, -0.05) is 19.1 Å². The zero-order valence-electron chi connectivity index (χ0n) is 16.2. The first-order valence-electron chi connectivity index (χ1n) is 9.10. The summed E-state index contributed by atoms with van der Waals surface area (Å²) in [7, 11) is -4.08. The molecular weight excluding hydrogens is 383 g/mol. The summed E-state index contributed by atoms with van der Waals surface area (Å²) < 4.78 is 42.9. The molecule has 28 heavy (non-hydrogen) atoms. The van der Waals surface area contributed by atoms with Crippen molar-refractivity contribution >= 4 is 16.1 Å². The van der Waals surface area contributed by atoms with Crippen molar-refractivity contribution in [3.63, 3.8) is 0 Å². The molecule has 0 spiro atoms. The molecule has 6 nitrogen and oxygen atoms in total. The van der Waals surface area contributed by atoms with Crippen LogP contribution in [-0.4, -0.2) is 31.9 Å². The predicted octanol–water partition coefficient (Wildman–Crippen LogP) is 3.92. The maximum absolute atomic E-state index is 13.0. The van der Waals surface area contributed by atoms with E-state index in [9.17, 15) is 17.6 Å². The third-order valence-electron chi connectivity index (χ3n) is 4.27. The first-order chi connectivity index (χ1) is 13.3. The maximum Gasteiger partial charge on any atom is 0.339 e. The van der Waals surface area contributed by atoms with Crippen LogP contribution in [0.25, 0.3) is 0 Å². The minimum absolute atomic E-state index is 0.0130. The molecule has 0 fully saturated rings. The Balaban J connectivity index is 2.20. The molecule has 152 valence electrons. The third-order valence-corrected chi connectivity index (χ3v) is 5.53. The lowest BCUT2D eigenvalue weighted by Gasteiger charge is -2.28. The number of nitrogens with zero attached hydrogens (tertiary/aromatic N) is 1. The monoisotopic (exact) mass is 408 g/mol. The molecule has 2 aromatic rings. The molecule has 2 rings (SSSR count). The van der Waals surface area contributed by atoms with E-state index in [0.29, 0.717) is 13.1 Å². The number of benzene rings is 2. The van der Waals surface area contributed by atoms with Gasteiger partial charge in [-0.2, -0.15) is 8.42 Å². The smallest absolute Gasteiger partial charge is 0.339 e. The normalized spacial score (nSPS) is 12.3. The van der Waals surface area contributed by atoms with Crippen molar-refractivity contribution in [1.29, 1.82) is 0 Å². The Labute approximate surface area is 165 Å². The molecule has 0 unspecified atom stereocenters. The van der Waals surface area contributed by atoms with Gasteiger partial charge in [0.1, 0.15) is 16.5 Å². The Bertz CT molecular complexity index is 901. The highest BCUT2D eigenvalue weighted by Gasteiger charge is 2.20. The van der Waals surface area contributed by atoms with Crippen LogP contribution < -0.4 is 9.50 Å². The van der Waals surface area contributed by atoms with Crippen molar-refractivity contribution in [2.75, 3.05) is 6.54 Å². The summed E-state index contributed by atoms with van der Waals surface area (Å²) in [6.45, 7) is 6.63. The molecule has 0 aliphatic rings. The minimum atomic E-state index is -4.08. The highest BCUT2D eigenvalue weighted by atomic mass is 32.2. The summed E-state index contributed by atoms with van der Waals surface area (Å²) in [6.07, 6.45) is 0.784. The number of rotatable bonds is 8. The van der Waals surface area contributed by atoms with Gasteiger partial charge >= 0.3 is 16.1 Å². The Morgan fingerprint density at radius 2 is 1.86 bits per heavy atom. The Morgan fingerprint density at radius 1 is 1.18 bits per heavy atom. The van der Waals surface area contributed by atoms with Crippen LogP contribution in [0.4, 0.5) is 9.18 Å². The van der Waals surface area contributed by atoms with Gasteiger partial charge < -0.3 is 14.4 Å². The van der Waals surface area contributed by atoms with E-state index < -0.39 is 15.9 Å². The summed E-state index contributed by atoms with van der Waals surface area (Å²) in [6, 6.07) is 10.8. The van der Waals surface area contributed by atoms with E-state index in [-0.39, 0.29) is 22.7 Å². The highest BCUT2D eigenvalue weighted by Crippen LogP contribution is 2.21. The van der Waals surface area contributed by atoms with E-state index in [4.69, 9.17) is 4.18 Å². The van der Waals surface area contributed by atoms with Crippen LogP contribution in [0.15, 0.2) is 53.4 Å². The van der Waals surface area contributed by atoms with Crippen LogP contribution in [0.1, 0.15) is 32.8 Å². The lowest BCUT2D eigenvalue weighted by molar-refractivity contribution is 0.174. The predicted molar refractivity (Wildman–Crippen MR) is 105 cm³/mol. The van der Waals surface area contributed by atoms with E-state index in [1.807, 2.05) is 20.8 Å². The molecule has 2 aromatic carbocycles. The van der Waals surface area contributed by atoms with Crippen molar-refractivity contribution in [2.24, 2.45) is 0 Å². The summed E-state index contributed by atoms with van der Waals surface area (Å²) >= 11 is 0. The Morgan fingerprint density at radius 3 is 2.46 bits per heavy atom. The molecular formula is C20H25FN2O4S. The second-order valence-electron chi connectivity index (χ2n) is 6.36. The van der Waals surface area contributed by atoms with Gasteiger partial charge in [-0.3, -0.25) is 0 Å². The van der Waals surface area contributed by atoms with Crippen LogP contribution in [0.5, 0.6) is 5.75 Å². The van der Waals surface area contributed by atoms with Crippen LogP contribution >= 0.6 is 0 Å². The third kappa shape index (κ3) is 5.69. The molecule has 8 heteroatoms. The van der Waals surface area contributed by atoms with Gasteiger partial charge in [0, 0.05) is 19.1 Å². The fourth-order valence-corrected chi connectivity index (χ4v) is 3.49. The molecule has 0 aliphatic heterocycles. The average molecular weight is 408 g/mol. The number of carbonyl (C=O) groups excluding carboxylic acids is 1. The summed E-state index contributed by atoms with van der Waals surface area (Å²) in [4.78, 5) is 13.9. The molecule has 0 bridgehead atoms. The number of carbonyl (C=O) groups is 1. The molecule has 0 saturated heterocycles. The number of halogens is 1. The second-order valence-corrected chi connectivity index (χ2v) is 7.91. The molecule has 0 aromatic heterocycles. The van der Waals surface area contributed by atoms with Crippen molar-refractivity contribution < 1.29 is 21.8 Å². The van der Waals surface area contributed by atoms with Crippen LogP contribution in [0, 0.1) is 5.82 Å². The molecule has 1 N–H and O–H groups in total. The quantitative estimate of drug-likeness (QED) is 0.672. The molecule has 0 radical (unpaired) electrons. The fraction of sp³-hybridized carbons (Fsp3) is 0.350. The zero-order chi connectivity index (χ0) is 20.7. The highest BCUT2D eigenvalue weighted by molar-refractivity contribution is 7.87. The van der Waals surface area contributed by atoms with Crippen molar-refractivity contribution in [3.05, 3.63) is 59.9 Å². The SMILES string of the molecule is CCNC(=O)N(Cc1cccc(OS(=O)(=O)c2ccc(F)cc2)c1)[C@@H](C)CC. The van der Waals surface area contributed by atoms with Gasteiger partial charge in [0.05, 0.1) is 0 Å². The van der Waals surface area contributed by atoms with Gasteiger partial charge in [-0.05, 0) is 62.2 Å². The van der Waals surface area contributed by atoms with Gasteiger partial charge in [-0.15, -0.1) is 0 Å². The maximum atomic E-state index is 13.0. The van der Waals surface area contributed by atoms with Crippen molar-refractivity contribution in [1.82, 2.24) is 10.2 Å². The van der Waals surface area contributed by atoms with Gasteiger partial charge in [0.2, 0.25) is 0 Å².